The van der Waals surface area contributed by atoms with Crippen molar-refractivity contribution in [1.29, 1.82) is 0 Å². The minimum Gasteiger partial charge on any atom is -0.497 e. The summed E-state index contributed by atoms with van der Waals surface area (Å²) in [5, 5.41) is 10.7. The van der Waals surface area contributed by atoms with Crippen LogP contribution >= 0.6 is 0 Å². The van der Waals surface area contributed by atoms with Gasteiger partial charge in [0.05, 0.1) is 25.2 Å². The van der Waals surface area contributed by atoms with Crippen LogP contribution in [-0.4, -0.2) is 43.2 Å². The number of benzene rings is 1. The summed E-state index contributed by atoms with van der Waals surface area (Å²) < 4.78 is 5.17. The van der Waals surface area contributed by atoms with Crippen molar-refractivity contribution in [1.82, 2.24) is 4.90 Å². The van der Waals surface area contributed by atoms with Crippen molar-refractivity contribution < 1.29 is 14.6 Å². The van der Waals surface area contributed by atoms with Crippen molar-refractivity contribution in [2.75, 3.05) is 7.11 Å². The minimum absolute atomic E-state index is 0.0281. The molecule has 0 saturated carbocycles. The van der Waals surface area contributed by atoms with Crippen molar-refractivity contribution in [2.45, 2.75) is 57.7 Å². The molecule has 4 nitrogen and oxygen atoms in total. The predicted molar refractivity (Wildman–Crippen MR) is 95.3 cm³/mol. The van der Waals surface area contributed by atoms with E-state index in [-0.39, 0.29) is 17.9 Å². The van der Waals surface area contributed by atoms with Gasteiger partial charge in [0.25, 0.3) is 0 Å². The molecule has 1 aliphatic rings. The van der Waals surface area contributed by atoms with Crippen molar-refractivity contribution in [3.63, 3.8) is 0 Å². The topological polar surface area (TPSA) is 49.8 Å². The number of methoxy groups -OCH3 is 1. The molecule has 1 fully saturated rings. The number of β-lactam (4-membered cyclic amide) rings is 1. The molecule has 0 bridgehead atoms. The maximum absolute atomic E-state index is 12.4. The lowest BCUT2D eigenvalue weighted by molar-refractivity contribution is -0.165. The number of rotatable bonds is 7. The number of nitrogens with zero attached hydrogens (tertiary/aromatic N) is 1. The number of hydrogen-bond donors (Lipinski definition) is 1. The zero-order valence-electron chi connectivity index (χ0n) is 14.9. The van der Waals surface area contributed by atoms with Crippen LogP contribution in [0.1, 0.15) is 18.9 Å². The van der Waals surface area contributed by atoms with Crippen LogP contribution in [0.2, 0.25) is 25.7 Å². The van der Waals surface area contributed by atoms with Crippen LogP contribution in [0, 0.1) is 5.92 Å². The highest BCUT2D eigenvalue weighted by molar-refractivity contribution is 6.76. The van der Waals surface area contributed by atoms with E-state index in [1.165, 1.54) is 0 Å². The van der Waals surface area contributed by atoms with Gasteiger partial charge in [0.2, 0.25) is 5.91 Å². The van der Waals surface area contributed by atoms with E-state index in [4.69, 9.17) is 4.74 Å². The van der Waals surface area contributed by atoms with Gasteiger partial charge in [0.15, 0.2) is 0 Å². The molecule has 1 unspecified atom stereocenters. The highest BCUT2D eigenvalue weighted by Gasteiger charge is 2.49. The number of carbonyl (C=O) groups is 1. The Morgan fingerprint density at radius 3 is 2.35 bits per heavy atom. The van der Waals surface area contributed by atoms with Crippen LogP contribution in [0.4, 0.5) is 0 Å². The van der Waals surface area contributed by atoms with E-state index < -0.39 is 14.2 Å². The predicted octanol–water partition coefficient (Wildman–Crippen LogP) is 3.13. The van der Waals surface area contributed by atoms with Crippen molar-refractivity contribution in [2.24, 2.45) is 5.92 Å². The molecule has 1 aromatic carbocycles. The molecule has 0 spiro atoms. The lowest BCUT2D eigenvalue weighted by Crippen LogP contribution is -2.65. The van der Waals surface area contributed by atoms with Crippen molar-refractivity contribution in [3.8, 4) is 5.75 Å². The highest BCUT2D eigenvalue weighted by Crippen LogP contribution is 2.35. The van der Waals surface area contributed by atoms with Gasteiger partial charge in [0, 0.05) is 14.6 Å². The van der Waals surface area contributed by atoms with Gasteiger partial charge >= 0.3 is 0 Å². The highest BCUT2D eigenvalue weighted by atomic mass is 28.3. The summed E-state index contributed by atoms with van der Waals surface area (Å²) in [5.74, 6) is 0.952. The molecule has 0 radical (unpaired) electrons. The molecule has 1 aliphatic heterocycles. The average molecular weight is 336 g/mol. The lowest BCUT2D eigenvalue weighted by Gasteiger charge is -2.50. The lowest BCUT2D eigenvalue weighted by atomic mass is 9.81. The molecule has 1 N–H and O–H groups in total. The van der Waals surface area contributed by atoms with E-state index in [1.54, 1.807) is 7.11 Å². The van der Waals surface area contributed by atoms with Gasteiger partial charge in [0.1, 0.15) is 5.75 Å². The van der Waals surface area contributed by atoms with Gasteiger partial charge in [-0.3, -0.25) is 4.79 Å². The van der Waals surface area contributed by atoms with Gasteiger partial charge in [-0.15, -0.1) is 0 Å². The first-order chi connectivity index (χ1) is 10.8. The van der Waals surface area contributed by atoms with Crippen LogP contribution in [-0.2, 0) is 11.3 Å². The normalized spacial score (nSPS) is 22.7. The first kappa shape index (κ1) is 18.0. The molecule has 1 aromatic rings. The van der Waals surface area contributed by atoms with Gasteiger partial charge in [-0.2, -0.15) is 0 Å². The molecule has 0 aliphatic carbocycles. The number of carbonyl (C=O) groups excluding carboxylic acids is 1. The maximum Gasteiger partial charge on any atom is 0.228 e. The van der Waals surface area contributed by atoms with Crippen LogP contribution < -0.4 is 4.74 Å². The van der Waals surface area contributed by atoms with Crippen molar-refractivity contribution in [3.05, 3.63) is 29.8 Å². The Morgan fingerprint density at radius 2 is 1.87 bits per heavy atom. The number of ether oxygens (including phenoxy) is 1. The summed E-state index contributed by atoms with van der Waals surface area (Å²) >= 11 is 0. The summed E-state index contributed by atoms with van der Waals surface area (Å²) in [4.78, 5) is 14.3. The SMILES string of the molecule is CC[C@H]1C(=O)N(Cc2ccc(OC)cc2)[C@@H]1C(O)C[Si](C)(C)C. The second-order valence-corrected chi connectivity index (χ2v) is 13.2. The summed E-state index contributed by atoms with van der Waals surface area (Å²) in [6.07, 6.45) is 0.383. The smallest absolute Gasteiger partial charge is 0.228 e. The summed E-state index contributed by atoms with van der Waals surface area (Å²) in [6, 6.07) is 8.57. The first-order valence-electron chi connectivity index (χ1n) is 8.38. The summed E-state index contributed by atoms with van der Waals surface area (Å²) in [5.41, 5.74) is 1.07. The molecule has 2 rings (SSSR count). The van der Waals surface area contributed by atoms with E-state index in [0.717, 1.165) is 23.8 Å². The summed E-state index contributed by atoms with van der Waals surface area (Å²) in [7, 11) is 0.273. The Balaban J connectivity index is 2.10. The summed E-state index contributed by atoms with van der Waals surface area (Å²) in [6.45, 7) is 9.36. The van der Waals surface area contributed by atoms with Crippen molar-refractivity contribution >= 4 is 14.0 Å². The van der Waals surface area contributed by atoms with Crippen LogP contribution in [0.3, 0.4) is 0 Å². The van der Waals surface area contributed by atoms with Crippen LogP contribution in [0.25, 0.3) is 0 Å². The third-order valence-corrected chi connectivity index (χ3v) is 6.18. The molecule has 3 atom stereocenters. The number of hydrogen-bond acceptors (Lipinski definition) is 3. The Bertz CT molecular complexity index is 538. The second-order valence-electron chi connectivity index (χ2n) is 7.65. The van der Waals surface area contributed by atoms with E-state index in [1.807, 2.05) is 36.1 Å². The quantitative estimate of drug-likeness (QED) is 0.615. The largest absolute Gasteiger partial charge is 0.497 e. The fourth-order valence-electron chi connectivity index (χ4n) is 3.39. The van der Waals surface area contributed by atoms with Gasteiger partial charge in [-0.05, 0) is 30.2 Å². The zero-order valence-corrected chi connectivity index (χ0v) is 15.9. The molecule has 1 heterocycles. The fourth-order valence-corrected chi connectivity index (χ4v) is 4.89. The molecule has 23 heavy (non-hydrogen) atoms. The van der Waals surface area contributed by atoms with Crippen LogP contribution in [0.15, 0.2) is 24.3 Å². The Hall–Kier alpha value is -1.33. The standard InChI is InChI=1S/C18H29NO3Si/c1-6-15-17(16(20)12-23(3,4)5)19(18(15)21)11-13-7-9-14(22-2)10-8-13/h7-10,15-17,20H,6,11-12H2,1-5H3/t15-,16?,17+/m1/s1. The zero-order chi connectivity index (χ0) is 17.2. The third kappa shape index (κ3) is 4.15. The molecule has 5 heteroatoms. The van der Waals surface area contributed by atoms with Crippen LogP contribution in [0.5, 0.6) is 5.75 Å². The third-order valence-electron chi connectivity index (χ3n) is 4.54. The van der Waals surface area contributed by atoms with Gasteiger partial charge in [-0.25, -0.2) is 0 Å². The monoisotopic (exact) mass is 335 g/mol. The maximum atomic E-state index is 12.4. The molecule has 128 valence electrons. The number of aliphatic hydroxyl groups is 1. The number of amides is 1. The fraction of sp³-hybridized carbons (Fsp3) is 0.611. The molecular weight excluding hydrogens is 306 g/mol. The van der Waals surface area contributed by atoms with Gasteiger partial charge < -0.3 is 14.7 Å². The number of likely N-dealkylation sites (tertiary alicyclic amines) is 1. The Labute approximate surface area is 140 Å². The Kier molecular flexibility index (Phi) is 5.52. The van der Waals surface area contributed by atoms with Gasteiger partial charge in [-0.1, -0.05) is 38.7 Å². The minimum atomic E-state index is -1.37. The Morgan fingerprint density at radius 1 is 1.26 bits per heavy atom. The second kappa shape index (κ2) is 7.05. The molecule has 0 aromatic heterocycles. The van der Waals surface area contributed by atoms with E-state index in [2.05, 4.69) is 19.6 Å². The number of aliphatic hydroxyl groups excluding tert-OH is 1. The average Bonchev–Trinajstić information content (AvgIpc) is 2.48. The molecular formula is C18H29NO3Si. The first-order valence-corrected chi connectivity index (χ1v) is 12.1. The van der Waals surface area contributed by atoms with E-state index in [0.29, 0.717) is 6.54 Å². The molecule has 1 saturated heterocycles. The van der Waals surface area contributed by atoms with E-state index in [9.17, 15) is 9.90 Å². The molecule has 1 amide bonds. The van der Waals surface area contributed by atoms with E-state index >= 15 is 0 Å².